The van der Waals surface area contributed by atoms with Gasteiger partial charge in [0, 0.05) is 5.41 Å². The molecule has 2 nitrogen and oxygen atoms in total. The van der Waals surface area contributed by atoms with Crippen molar-refractivity contribution in [3.8, 4) is 0 Å². The van der Waals surface area contributed by atoms with Crippen LogP contribution in [0.25, 0.3) is 0 Å². The number of rotatable bonds is 4. The van der Waals surface area contributed by atoms with Crippen LogP contribution in [-0.2, 0) is 10.2 Å². The van der Waals surface area contributed by atoms with E-state index in [1.807, 2.05) is 0 Å². The summed E-state index contributed by atoms with van der Waals surface area (Å²) < 4.78 is 6.03. The zero-order valence-electron chi connectivity index (χ0n) is 13.1. The van der Waals surface area contributed by atoms with E-state index in [1.165, 1.54) is 43.4 Å². The Balaban J connectivity index is 1.99. The van der Waals surface area contributed by atoms with Crippen LogP contribution in [0.2, 0.25) is 0 Å². The molecule has 1 saturated carbocycles. The average Bonchev–Trinajstić information content (AvgIpc) is 2.58. The Kier molecular flexibility index (Phi) is 4.64. The topological polar surface area (TPSA) is 21.3 Å². The lowest BCUT2D eigenvalue weighted by Gasteiger charge is -2.45. The molecule has 1 aliphatic carbocycles. The van der Waals surface area contributed by atoms with Crippen LogP contribution < -0.4 is 5.32 Å². The van der Waals surface area contributed by atoms with Gasteiger partial charge in [-0.15, -0.1) is 0 Å². The van der Waals surface area contributed by atoms with Crippen LogP contribution in [0.15, 0.2) is 42.2 Å². The Morgan fingerprint density at radius 1 is 1.05 bits per heavy atom. The molecule has 21 heavy (non-hydrogen) atoms. The highest BCUT2D eigenvalue weighted by atomic mass is 16.5. The van der Waals surface area contributed by atoms with Crippen molar-refractivity contribution in [2.75, 3.05) is 13.7 Å². The molecule has 1 N–H and O–H groups in total. The van der Waals surface area contributed by atoms with Crippen molar-refractivity contribution in [2.45, 2.75) is 56.4 Å². The number of likely N-dealkylation sites (N-methyl/N-ethyl adjacent to an activating group) is 1. The van der Waals surface area contributed by atoms with E-state index in [9.17, 15) is 0 Å². The van der Waals surface area contributed by atoms with Gasteiger partial charge in [0.25, 0.3) is 0 Å². The summed E-state index contributed by atoms with van der Waals surface area (Å²) in [6.45, 7) is 0.870. The second kappa shape index (κ2) is 6.65. The molecule has 0 spiro atoms. The molecule has 3 rings (SSSR count). The normalized spacial score (nSPS) is 23.0. The lowest BCUT2D eigenvalue weighted by Crippen LogP contribution is -2.50. The Labute approximate surface area is 128 Å². The third kappa shape index (κ3) is 2.87. The quantitative estimate of drug-likeness (QED) is 0.896. The van der Waals surface area contributed by atoms with E-state index >= 15 is 0 Å². The van der Waals surface area contributed by atoms with E-state index in [2.05, 4.69) is 48.8 Å². The molecule has 2 aliphatic rings. The Morgan fingerprint density at radius 3 is 2.43 bits per heavy atom. The van der Waals surface area contributed by atoms with Gasteiger partial charge in [-0.25, -0.2) is 0 Å². The van der Waals surface area contributed by atoms with Gasteiger partial charge in [0.1, 0.15) is 5.76 Å². The molecule has 2 heteroatoms. The second-order valence-corrected chi connectivity index (χ2v) is 6.40. The summed E-state index contributed by atoms with van der Waals surface area (Å²) in [5, 5.41) is 3.59. The fraction of sp³-hybridized carbons (Fsp3) is 0.579. The molecule has 1 heterocycles. The number of allylic oxidation sites excluding steroid dienone is 1. The van der Waals surface area contributed by atoms with Crippen molar-refractivity contribution in [1.29, 1.82) is 0 Å². The first-order valence-electron chi connectivity index (χ1n) is 8.42. The second-order valence-electron chi connectivity index (χ2n) is 6.40. The highest BCUT2D eigenvalue weighted by Crippen LogP contribution is 2.44. The average molecular weight is 285 g/mol. The lowest BCUT2D eigenvalue weighted by atomic mass is 9.64. The summed E-state index contributed by atoms with van der Waals surface area (Å²) in [6, 6.07) is 11.4. The highest BCUT2D eigenvalue weighted by Gasteiger charge is 2.43. The monoisotopic (exact) mass is 285 g/mol. The molecular formula is C19H27NO. The fourth-order valence-electron chi connectivity index (χ4n) is 4.17. The number of benzene rings is 1. The van der Waals surface area contributed by atoms with E-state index in [1.54, 1.807) is 0 Å². The maximum Gasteiger partial charge on any atom is 0.110 e. The lowest BCUT2D eigenvalue weighted by molar-refractivity contribution is 0.126. The van der Waals surface area contributed by atoms with Gasteiger partial charge < -0.3 is 10.1 Å². The molecule has 0 radical (unpaired) electrons. The van der Waals surface area contributed by atoms with Gasteiger partial charge in [0.2, 0.25) is 0 Å². The Morgan fingerprint density at radius 2 is 1.81 bits per heavy atom. The minimum absolute atomic E-state index is 0.192. The van der Waals surface area contributed by atoms with Gasteiger partial charge >= 0.3 is 0 Å². The summed E-state index contributed by atoms with van der Waals surface area (Å²) >= 11 is 0. The van der Waals surface area contributed by atoms with Gasteiger partial charge in [-0.3, -0.25) is 0 Å². The predicted octanol–water partition coefficient (Wildman–Crippen LogP) is 4.17. The van der Waals surface area contributed by atoms with Gasteiger partial charge in [-0.05, 0) is 44.4 Å². The van der Waals surface area contributed by atoms with E-state index in [0.717, 1.165) is 19.4 Å². The molecule has 1 aromatic rings. The minimum atomic E-state index is 0.192. The molecular weight excluding hydrogens is 258 g/mol. The molecule has 1 unspecified atom stereocenters. The minimum Gasteiger partial charge on any atom is -0.497 e. The van der Waals surface area contributed by atoms with Crippen LogP contribution in [0.4, 0.5) is 0 Å². The van der Waals surface area contributed by atoms with Crippen molar-refractivity contribution in [2.24, 2.45) is 0 Å². The fourth-order valence-corrected chi connectivity index (χ4v) is 4.17. The number of nitrogens with one attached hydrogen (secondary N) is 1. The number of ether oxygens (including phenoxy) is 1. The Hall–Kier alpha value is -1.28. The number of hydrogen-bond acceptors (Lipinski definition) is 2. The highest BCUT2D eigenvalue weighted by molar-refractivity contribution is 5.32. The van der Waals surface area contributed by atoms with Crippen LogP contribution in [0.5, 0.6) is 0 Å². The summed E-state index contributed by atoms with van der Waals surface area (Å²) in [4.78, 5) is 0. The molecule has 0 saturated heterocycles. The van der Waals surface area contributed by atoms with Gasteiger partial charge in [0.15, 0.2) is 0 Å². The van der Waals surface area contributed by atoms with Crippen molar-refractivity contribution in [3.05, 3.63) is 47.7 Å². The summed E-state index contributed by atoms with van der Waals surface area (Å²) in [7, 11) is 2.09. The zero-order valence-corrected chi connectivity index (χ0v) is 13.1. The van der Waals surface area contributed by atoms with E-state index in [-0.39, 0.29) is 5.41 Å². The maximum absolute atomic E-state index is 6.03. The summed E-state index contributed by atoms with van der Waals surface area (Å²) in [5.74, 6) is 1.18. The van der Waals surface area contributed by atoms with E-state index in [0.29, 0.717) is 6.04 Å². The van der Waals surface area contributed by atoms with Crippen LogP contribution in [0.3, 0.4) is 0 Å². The maximum atomic E-state index is 6.03. The third-order valence-electron chi connectivity index (χ3n) is 5.18. The molecule has 0 aromatic heterocycles. The van der Waals surface area contributed by atoms with Crippen LogP contribution in [-0.4, -0.2) is 19.7 Å². The van der Waals surface area contributed by atoms with Crippen molar-refractivity contribution in [1.82, 2.24) is 5.32 Å². The first-order valence-corrected chi connectivity index (χ1v) is 8.42. The third-order valence-corrected chi connectivity index (χ3v) is 5.18. The SMILES string of the molecule is CNC(C1=CCCCO1)C1(c2ccccc2)CCCCC1. The Bertz CT molecular complexity index is 474. The smallest absolute Gasteiger partial charge is 0.110 e. The first-order chi connectivity index (χ1) is 10.4. The predicted molar refractivity (Wildman–Crippen MR) is 87.3 cm³/mol. The van der Waals surface area contributed by atoms with Crippen molar-refractivity contribution >= 4 is 0 Å². The van der Waals surface area contributed by atoms with E-state index < -0.39 is 0 Å². The molecule has 1 fully saturated rings. The molecule has 0 bridgehead atoms. The first kappa shape index (κ1) is 14.6. The summed E-state index contributed by atoms with van der Waals surface area (Å²) in [5.41, 5.74) is 1.66. The summed E-state index contributed by atoms with van der Waals surface area (Å²) in [6.07, 6.45) is 11.1. The van der Waals surface area contributed by atoms with Gasteiger partial charge in [-0.1, -0.05) is 49.6 Å². The number of hydrogen-bond donors (Lipinski definition) is 1. The zero-order chi connectivity index (χ0) is 14.5. The molecule has 1 aromatic carbocycles. The molecule has 1 aliphatic heterocycles. The van der Waals surface area contributed by atoms with Crippen LogP contribution >= 0.6 is 0 Å². The van der Waals surface area contributed by atoms with Crippen molar-refractivity contribution < 1.29 is 4.74 Å². The standard InChI is InChI=1S/C19H27NO/c1-20-18(17-12-6-9-15-21-17)19(13-7-3-8-14-19)16-10-4-2-5-11-16/h2,4-5,10-12,18,20H,3,6-9,13-15H2,1H3. The molecule has 1 atom stereocenters. The van der Waals surface area contributed by atoms with E-state index in [4.69, 9.17) is 4.74 Å². The molecule has 114 valence electrons. The largest absolute Gasteiger partial charge is 0.497 e. The van der Waals surface area contributed by atoms with Crippen LogP contribution in [0.1, 0.15) is 50.5 Å². The van der Waals surface area contributed by atoms with Crippen molar-refractivity contribution in [3.63, 3.8) is 0 Å². The van der Waals surface area contributed by atoms with Gasteiger partial charge in [-0.2, -0.15) is 0 Å². The van der Waals surface area contributed by atoms with Gasteiger partial charge in [0.05, 0.1) is 12.6 Å². The van der Waals surface area contributed by atoms with Crippen LogP contribution in [0, 0.1) is 0 Å². The molecule has 0 amide bonds.